The van der Waals surface area contributed by atoms with Gasteiger partial charge in [-0.1, -0.05) is 31.9 Å². The van der Waals surface area contributed by atoms with Crippen molar-refractivity contribution in [3.8, 4) is 0 Å². The van der Waals surface area contributed by atoms with Gasteiger partial charge in [-0.25, -0.2) is 9.59 Å². The zero-order chi connectivity index (χ0) is 11.4. The van der Waals surface area contributed by atoms with Gasteiger partial charge in [0.2, 0.25) is 0 Å². The Hall–Kier alpha value is -0.300. The number of carboxylic acid groups (broad SMARTS) is 2. The molecular formula is C8H9Br2NO4. The van der Waals surface area contributed by atoms with E-state index in [4.69, 9.17) is 10.2 Å². The molecule has 1 saturated heterocycles. The number of likely N-dealkylation sites (tertiary alicyclic amines) is 1. The standard InChI is InChI=1S/C8H9Br2NO4/c9-8(10)2-7(8)1-4(5(12)13)11(3-7)6(14)15/h4H,1-3H2,(H,12,13)(H,14,15). The summed E-state index contributed by atoms with van der Waals surface area (Å²) in [5, 5.41) is 17.8. The fourth-order valence-electron chi connectivity index (χ4n) is 2.18. The lowest BCUT2D eigenvalue weighted by Gasteiger charge is -2.16. The van der Waals surface area contributed by atoms with E-state index in [9.17, 15) is 9.59 Å². The molecule has 1 aliphatic heterocycles. The van der Waals surface area contributed by atoms with Crippen LogP contribution in [0.1, 0.15) is 12.8 Å². The monoisotopic (exact) mass is 341 g/mol. The van der Waals surface area contributed by atoms with E-state index in [0.717, 1.165) is 11.3 Å². The Morgan fingerprint density at radius 1 is 1.33 bits per heavy atom. The Morgan fingerprint density at radius 3 is 2.13 bits per heavy atom. The van der Waals surface area contributed by atoms with Gasteiger partial charge in [-0.15, -0.1) is 0 Å². The molecule has 1 spiro atoms. The van der Waals surface area contributed by atoms with Gasteiger partial charge in [0.25, 0.3) is 0 Å². The average molecular weight is 343 g/mol. The molecule has 2 aliphatic rings. The first-order valence-corrected chi connectivity index (χ1v) is 5.98. The molecule has 84 valence electrons. The Kier molecular flexibility index (Phi) is 2.31. The minimum absolute atomic E-state index is 0.256. The van der Waals surface area contributed by atoms with E-state index in [0.29, 0.717) is 6.42 Å². The summed E-state index contributed by atoms with van der Waals surface area (Å²) in [5.74, 6) is -1.07. The molecule has 7 heteroatoms. The number of halogens is 2. The molecule has 1 aliphatic carbocycles. The maximum atomic E-state index is 10.9. The van der Waals surface area contributed by atoms with E-state index >= 15 is 0 Å². The molecule has 5 nitrogen and oxygen atoms in total. The number of hydrogen-bond acceptors (Lipinski definition) is 2. The molecule has 2 N–H and O–H groups in total. The van der Waals surface area contributed by atoms with Gasteiger partial charge in [0, 0.05) is 12.0 Å². The summed E-state index contributed by atoms with van der Waals surface area (Å²) in [4.78, 5) is 22.8. The van der Waals surface area contributed by atoms with E-state index in [1.54, 1.807) is 0 Å². The fourth-order valence-corrected chi connectivity index (χ4v) is 3.82. The van der Waals surface area contributed by atoms with E-state index in [2.05, 4.69) is 31.9 Å². The molecule has 15 heavy (non-hydrogen) atoms. The highest BCUT2D eigenvalue weighted by molar-refractivity contribution is 9.25. The SMILES string of the molecule is O=C(O)C1CC2(CN1C(=O)O)CC2(Br)Br. The molecule has 0 aromatic rings. The van der Waals surface area contributed by atoms with Crippen molar-refractivity contribution in [3.63, 3.8) is 0 Å². The van der Waals surface area contributed by atoms with Gasteiger partial charge < -0.3 is 10.2 Å². The number of hydrogen-bond donors (Lipinski definition) is 2. The Morgan fingerprint density at radius 2 is 1.87 bits per heavy atom. The van der Waals surface area contributed by atoms with E-state index in [1.807, 2.05) is 0 Å². The third-order valence-corrected chi connectivity index (χ3v) is 5.42. The second-order valence-corrected chi connectivity index (χ2v) is 7.90. The van der Waals surface area contributed by atoms with Crippen molar-refractivity contribution in [2.45, 2.75) is 22.1 Å². The Labute approximate surface area is 103 Å². The van der Waals surface area contributed by atoms with Crippen LogP contribution in [0, 0.1) is 5.41 Å². The molecule has 0 aromatic carbocycles. The summed E-state index contributed by atoms with van der Waals surface area (Å²) in [6.07, 6.45) is -0.0411. The largest absolute Gasteiger partial charge is 0.480 e. The van der Waals surface area contributed by atoms with Crippen molar-refractivity contribution < 1.29 is 19.8 Å². The third-order valence-electron chi connectivity index (χ3n) is 3.18. The molecule has 0 radical (unpaired) electrons. The average Bonchev–Trinajstić information content (AvgIpc) is 2.48. The lowest BCUT2D eigenvalue weighted by Crippen LogP contribution is -2.39. The number of carboxylic acids is 1. The number of nitrogens with zero attached hydrogens (tertiary/aromatic N) is 1. The topological polar surface area (TPSA) is 77.8 Å². The van der Waals surface area contributed by atoms with Crippen LogP contribution in [0.15, 0.2) is 0 Å². The van der Waals surface area contributed by atoms with Crippen molar-refractivity contribution in [2.75, 3.05) is 6.54 Å². The predicted octanol–water partition coefficient (Wildman–Crippen LogP) is 1.70. The van der Waals surface area contributed by atoms with Crippen LogP contribution < -0.4 is 0 Å². The van der Waals surface area contributed by atoms with Gasteiger partial charge in [0.15, 0.2) is 0 Å². The van der Waals surface area contributed by atoms with Crippen LogP contribution in [0.2, 0.25) is 0 Å². The minimum atomic E-state index is -1.16. The summed E-state index contributed by atoms with van der Waals surface area (Å²) >= 11 is 6.86. The van der Waals surface area contributed by atoms with Crippen LogP contribution in [-0.2, 0) is 4.79 Å². The molecule has 2 atom stereocenters. The van der Waals surface area contributed by atoms with Gasteiger partial charge in [-0.2, -0.15) is 0 Å². The lowest BCUT2D eigenvalue weighted by molar-refractivity contribution is -0.141. The Bertz CT molecular complexity index is 322. The van der Waals surface area contributed by atoms with Crippen LogP contribution in [0.25, 0.3) is 0 Å². The quantitative estimate of drug-likeness (QED) is 0.711. The fraction of sp³-hybridized carbons (Fsp3) is 0.750. The summed E-state index contributed by atoms with van der Waals surface area (Å²) in [5.41, 5.74) is -0.256. The van der Waals surface area contributed by atoms with Crippen LogP contribution in [-0.4, -0.2) is 43.0 Å². The molecule has 2 rings (SSSR count). The predicted molar refractivity (Wildman–Crippen MR) is 58.4 cm³/mol. The van der Waals surface area contributed by atoms with Crippen LogP contribution in [0.3, 0.4) is 0 Å². The maximum absolute atomic E-state index is 10.9. The molecule has 2 unspecified atom stereocenters. The maximum Gasteiger partial charge on any atom is 0.408 e. The van der Waals surface area contributed by atoms with E-state index in [-0.39, 0.29) is 15.2 Å². The summed E-state index contributed by atoms with van der Waals surface area (Å²) in [7, 11) is 0. The Balaban J connectivity index is 2.21. The van der Waals surface area contributed by atoms with Gasteiger partial charge in [0.1, 0.15) is 6.04 Å². The first-order valence-electron chi connectivity index (χ1n) is 4.39. The van der Waals surface area contributed by atoms with E-state index < -0.39 is 18.1 Å². The normalized spacial score (nSPS) is 36.9. The number of alkyl halides is 2. The zero-order valence-electron chi connectivity index (χ0n) is 7.61. The summed E-state index contributed by atoms with van der Waals surface area (Å²) in [6, 6.07) is -0.917. The van der Waals surface area contributed by atoms with Crippen molar-refractivity contribution in [2.24, 2.45) is 5.41 Å². The van der Waals surface area contributed by atoms with Crippen LogP contribution >= 0.6 is 31.9 Å². The lowest BCUT2D eigenvalue weighted by atomic mass is 10.0. The van der Waals surface area contributed by atoms with Crippen molar-refractivity contribution in [3.05, 3.63) is 0 Å². The molecule has 0 bridgehead atoms. The number of rotatable bonds is 1. The van der Waals surface area contributed by atoms with Crippen molar-refractivity contribution >= 4 is 43.9 Å². The first kappa shape index (κ1) is 11.2. The molecule has 0 aromatic heterocycles. The van der Waals surface area contributed by atoms with Gasteiger partial charge in [0.05, 0.1) is 3.23 Å². The van der Waals surface area contributed by atoms with Gasteiger partial charge in [-0.3, -0.25) is 4.90 Å². The smallest absolute Gasteiger partial charge is 0.408 e. The van der Waals surface area contributed by atoms with Crippen molar-refractivity contribution in [1.29, 1.82) is 0 Å². The summed E-state index contributed by atoms with van der Waals surface area (Å²) in [6.45, 7) is 0.274. The number of aliphatic carboxylic acids is 1. The summed E-state index contributed by atoms with van der Waals surface area (Å²) < 4.78 is -0.287. The number of amides is 1. The van der Waals surface area contributed by atoms with Crippen LogP contribution in [0.5, 0.6) is 0 Å². The van der Waals surface area contributed by atoms with E-state index in [1.165, 1.54) is 0 Å². The molecule has 2 fully saturated rings. The second-order valence-electron chi connectivity index (χ2n) is 4.13. The zero-order valence-corrected chi connectivity index (χ0v) is 10.8. The molecule has 1 amide bonds. The molecule has 1 saturated carbocycles. The van der Waals surface area contributed by atoms with Gasteiger partial charge in [-0.05, 0) is 12.8 Å². The highest BCUT2D eigenvalue weighted by Crippen LogP contribution is 2.71. The molecule has 1 heterocycles. The first-order chi connectivity index (χ1) is 6.79. The highest BCUT2D eigenvalue weighted by atomic mass is 79.9. The van der Waals surface area contributed by atoms with Crippen molar-refractivity contribution in [1.82, 2.24) is 4.90 Å². The van der Waals surface area contributed by atoms with Crippen LogP contribution in [0.4, 0.5) is 4.79 Å². The highest BCUT2D eigenvalue weighted by Gasteiger charge is 2.70. The second kappa shape index (κ2) is 3.10. The minimum Gasteiger partial charge on any atom is -0.480 e. The third kappa shape index (κ3) is 1.56. The van der Waals surface area contributed by atoms with Gasteiger partial charge >= 0.3 is 12.1 Å². The number of carbonyl (C=O) groups is 2. The molecular weight excluding hydrogens is 334 g/mol.